The first-order valence-electron chi connectivity index (χ1n) is 6.01. The summed E-state index contributed by atoms with van der Waals surface area (Å²) >= 11 is 0. The molecule has 2 fully saturated rings. The molecule has 4 nitrogen and oxygen atoms in total. The van der Waals surface area contributed by atoms with E-state index in [4.69, 9.17) is 4.74 Å². The second kappa shape index (κ2) is 4.53. The molecule has 3 unspecified atom stereocenters. The standard InChI is InChI=1S/C12H19NO3/c1-7(2)11-9(8-3-4-16-6-8)5-10(14)13-12(11)15/h7-9,11H,3-6H2,1-2H3,(H,13,14,15). The average Bonchev–Trinajstić information content (AvgIpc) is 2.67. The highest BCUT2D eigenvalue weighted by Gasteiger charge is 2.42. The van der Waals surface area contributed by atoms with Crippen molar-refractivity contribution in [1.29, 1.82) is 0 Å². The normalized spacial score (nSPS) is 35.6. The summed E-state index contributed by atoms with van der Waals surface area (Å²) in [6.07, 6.45) is 1.46. The lowest BCUT2D eigenvalue weighted by atomic mass is 9.71. The lowest BCUT2D eigenvalue weighted by molar-refractivity contribution is -0.141. The Labute approximate surface area is 95.7 Å². The molecule has 0 aromatic rings. The maximum Gasteiger partial charge on any atom is 0.230 e. The lowest BCUT2D eigenvalue weighted by Gasteiger charge is -2.35. The highest BCUT2D eigenvalue weighted by Crippen LogP contribution is 2.36. The van der Waals surface area contributed by atoms with Crippen molar-refractivity contribution in [1.82, 2.24) is 5.32 Å². The summed E-state index contributed by atoms with van der Waals surface area (Å²) in [6, 6.07) is 0. The van der Waals surface area contributed by atoms with Gasteiger partial charge in [0.25, 0.3) is 0 Å². The molecule has 0 saturated carbocycles. The van der Waals surface area contributed by atoms with Crippen LogP contribution in [0, 0.1) is 23.7 Å². The van der Waals surface area contributed by atoms with Crippen LogP contribution in [0.4, 0.5) is 0 Å². The Morgan fingerprint density at radius 3 is 2.69 bits per heavy atom. The van der Waals surface area contributed by atoms with Crippen molar-refractivity contribution in [2.24, 2.45) is 23.7 Å². The number of ether oxygens (including phenoxy) is 1. The fraction of sp³-hybridized carbons (Fsp3) is 0.833. The smallest absolute Gasteiger partial charge is 0.230 e. The highest BCUT2D eigenvalue weighted by atomic mass is 16.5. The van der Waals surface area contributed by atoms with E-state index in [2.05, 4.69) is 5.32 Å². The summed E-state index contributed by atoms with van der Waals surface area (Å²) < 4.78 is 5.37. The molecule has 0 spiro atoms. The molecule has 2 rings (SSSR count). The molecule has 2 heterocycles. The molecule has 3 atom stereocenters. The zero-order valence-electron chi connectivity index (χ0n) is 9.86. The first-order valence-corrected chi connectivity index (χ1v) is 6.01. The van der Waals surface area contributed by atoms with Crippen LogP contribution in [0.2, 0.25) is 0 Å². The molecule has 0 bridgehead atoms. The molecule has 2 saturated heterocycles. The maximum atomic E-state index is 11.8. The minimum absolute atomic E-state index is 0.0376. The number of rotatable bonds is 2. The Kier molecular flexibility index (Phi) is 3.28. The number of imide groups is 1. The minimum atomic E-state index is -0.126. The van der Waals surface area contributed by atoms with Crippen LogP contribution in [0.3, 0.4) is 0 Å². The van der Waals surface area contributed by atoms with Gasteiger partial charge in [0.2, 0.25) is 11.8 Å². The molecule has 0 aromatic carbocycles. The molecule has 0 radical (unpaired) electrons. The van der Waals surface area contributed by atoms with Crippen molar-refractivity contribution in [3.63, 3.8) is 0 Å². The van der Waals surface area contributed by atoms with E-state index in [1.165, 1.54) is 0 Å². The van der Waals surface area contributed by atoms with E-state index in [0.717, 1.165) is 13.0 Å². The maximum absolute atomic E-state index is 11.8. The Morgan fingerprint density at radius 2 is 2.12 bits per heavy atom. The van der Waals surface area contributed by atoms with Gasteiger partial charge in [0.05, 0.1) is 0 Å². The number of carbonyl (C=O) groups excluding carboxylic acids is 2. The van der Waals surface area contributed by atoms with E-state index >= 15 is 0 Å². The Balaban J connectivity index is 2.16. The summed E-state index contributed by atoms with van der Waals surface area (Å²) in [5, 5.41) is 2.45. The monoisotopic (exact) mass is 225 g/mol. The van der Waals surface area contributed by atoms with Crippen LogP contribution in [-0.4, -0.2) is 25.0 Å². The lowest BCUT2D eigenvalue weighted by Crippen LogP contribution is -2.49. The molecule has 0 aliphatic carbocycles. The third kappa shape index (κ3) is 2.12. The van der Waals surface area contributed by atoms with Gasteiger partial charge in [0.15, 0.2) is 0 Å². The van der Waals surface area contributed by atoms with E-state index in [9.17, 15) is 9.59 Å². The second-order valence-corrected chi connectivity index (χ2v) is 5.17. The van der Waals surface area contributed by atoms with Gasteiger partial charge >= 0.3 is 0 Å². The molecule has 1 N–H and O–H groups in total. The number of hydrogen-bond donors (Lipinski definition) is 1. The average molecular weight is 225 g/mol. The number of piperidine rings is 1. The largest absolute Gasteiger partial charge is 0.381 e. The molecular formula is C12H19NO3. The van der Waals surface area contributed by atoms with Crippen molar-refractivity contribution in [3.05, 3.63) is 0 Å². The van der Waals surface area contributed by atoms with Gasteiger partial charge in [0.1, 0.15) is 0 Å². The van der Waals surface area contributed by atoms with Crippen LogP contribution in [-0.2, 0) is 14.3 Å². The number of hydrogen-bond acceptors (Lipinski definition) is 3. The van der Waals surface area contributed by atoms with E-state index < -0.39 is 0 Å². The Morgan fingerprint density at radius 1 is 1.38 bits per heavy atom. The van der Waals surface area contributed by atoms with Crippen LogP contribution < -0.4 is 5.32 Å². The van der Waals surface area contributed by atoms with Crippen LogP contribution in [0.15, 0.2) is 0 Å². The predicted octanol–water partition coefficient (Wildman–Crippen LogP) is 0.958. The summed E-state index contributed by atoms with van der Waals surface area (Å²) in [6.45, 7) is 5.56. The third-order valence-electron chi connectivity index (χ3n) is 3.74. The summed E-state index contributed by atoms with van der Waals surface area (Å²) in [4.78, 5) is 23.3. The van der Waals surface area contributed by atoms with Crippen molar-refractivity contribution in [2.45, 2.75) is 26.7 Å². The van der Waals surface area contributed by atoms with Crippen molar-refractivity contribution in [2.75, 3.05) is 13.2 Å². The predicted molar refractivity (Wildman–Crippen MR) is 58.5 cm³/mol. The van der Waals surface area contributed by atoms with Gasteiger partial charge < -0.3 is 4.74 Å². The number of amides is 2. The van der Waals surface area contributed by atoms with E-state index in [1.54, 1.807) is 0 Å². The summed E-state index contributed by atoms with van der Waals surface area (Å²) in [5.41, 5.74) is 0. The Hall–Kier alpha value is -0.900. The molecule has 90 valence electrons. The summed E-state index contributed by atoms with van der Waals surface area (Å²) in [5.74, 6) is 0.566. The van der Waals surface area contributed by atoms with Gasteiger partial charge in [-0.1, -0.05) is 13.8 Å². The molecule has 4 heteroatoms. The fourth-order valence-electron chi connectivity index (χ4n) is 2.95. The first kappa shape index (κ1) is 11.6. The van der Waals surface area contributed by atoms with Gasteiger partial charge in [0, 0.05) is 25.6 Å². The van der Waals surface area contributed by atoms with Gasteiger partial charge in [-0.15, -0.1) is 0 Å². The van der Waals surface area contributed by atoms with Gasteiger partial charge in [-0.25, -0.2) is 0 Å². The quantitative estimate of drug-likeness (QED) is 0.712. The summed E-state index contributed by atoms with van der Waals surface area (Å²) in [7, 11) is 0. The highest BCUT2D eigenvalue weighted by molar-refractivity contribution is 5.99. The van der Waals surface area contributed by atoms with Gasteiger partial charge in [-0.3, -0.25) is 14.9 Å². The molecule has 2 amide bonds. The molecule has 2 aliphatic heterocycles. The zero-order valence-corrected chi connectivity index (χ0v) is 9.86. The van der Waals surface area contributed by atoms with E-state index in [0.29, 0.717) is 18.9 Å². The van der Waals surface area contributed by atoms with Crippen molar-refractivity contribution < 1.29 is 14.3 Å². The van der Waals surface area contributed by atoms with E-state index in [-0.39, 0.29) is 29.6 Å². The first-order chi connectivity index (χ1) is 7.59. The minimum Gasteiger partial charge on any atom is -0.381 e. The fourth-order valence-corrected chi connectivity index (χ4v) is 2.95. The van der Waals surface area contributed by atoms with Gasteiger partial charge in [-0.05, 0) is 24.2 Å². The molecular weight excluding hydrogens is 206 g/mol. The molecule has 0 aromatic heterocycles. The Bertz CT molecular complexity index is 295. The third-order valence-corrected chi connectivity index (χ3v) is 3.74. The molecule has 2 aliphatic rings. The van der Waals surface area contributed by atoms with Crippen LogP contribution in [0.5, 0.6) is 0 Å². The second-order valence-electron chi connectivity index (χ2n) is 5.17. The van der Waals surface area contributed by atoms with Gasteiger partial charge in [-0.2, -0.15) is 0 Å². The van der Waals surface area contributed by atoms with Crippen molar-refractivity contribution >= 4 is 11.8 Å². The van der Waals surface area contributed by atoms with Crippen molar-refractivity contribution in [3.8, 4) is 0 Å². The topological polar surface area (TPSA) is 55.4 Å². The van der Waals surface area contributed by atoms with Crippen LogP contribution in [0.25, 0.3) is 0 Å². The van der Waals surface area contributed by atoms with Crippen LogP contribution >= 0.6 is 0 Å². The van der Waals surface area contributed by atoms with E-state index in [1.807, 2.05) is 13.8 Å². The number of nitrogens with one attached hydrogen (secondary N) is 1. The number of carbonyl (C=O) groups is 2. The molecule has 16 heavy (non-hydrogen) atoms. The zero-order chi connectivity index (χ0) is 11.7. The SMILES string of the molecule is CC(C)C1C(=O)NC(=O)CC1C1CCOC1. The van der Waals surface area contributed by atoms with Crippen LogP contribution in [0.1, 0.15) is 26.7 Å².